The molecule has 1 atom stereocenters. The number of rotatable bonds is 10. The number of fused-ring (bicyclic) bond motifs is 1. The van der Waals surface area contributed by atoms with Gasteiger partial charge in [-0.05, 0) is 75.2 Å². The van der Waals surface area contributed by atoms with Gasteiger partial charge in [-0.1, -0.05) is 69.1 Å². The molecule has 3 aliphatic rings. The van der Waals surface area contributed by atoms with Crippen molar-refractivity contribution in [3.63, 3.8) is 0 Å². The van der Waals surface area contributed by atoms with E-state index in [1.807, 2.05) is 13.1 Å². The van der Waals surface area contributed by atoms with Crippen LogP contribution in [0.4, 0.5) is 0 Å². The molecule has 1 saturated heterocycles. The first-order chi connectivity index (χ1) is 18.0. The number of nitrogens with one attached hydrogen (secondary N) is 1. The van der Waals surface area contributed by atoms with Gasteiger partial charge in [0.1, 0.15) is 0 Å². The number of carbonyl (C=O) groups excluding carboxylic acids is 1. The minimum atomic E-state index is 0.0283. The molecular weight excluding hydrogens is 458 g/mol. The Labute approximate surface area is 223 Å². The molecule has 1 N–H and O–H groups in total. The van der Waals surface area contributed by atoms with Crippen molar-refractivity contribution in [2.75, 3.05) is 19.6 Å². The molecule has 2 aliphatic carbocycles. The van der Waals surface area contributed by atoms with Gasteiger partial charge in [0.15, 0.2) is 0 Å². The van der Waals surface area contributed by atoms with Crippen LogP contribution >= 0.6 is 0 Å². The second-order valence-corrected chi connectivity index (χ2v) is 11.3. The monoisotopic (exact) mass is 505 g/mol. The summed E-state index contributed by atoms with van der Waals surface area (Å²) in [4.78, 5) is 29.6. The van der Waals surface area contributed by atoms with Crippen molar-refractivity contribution in [1.29, 1.82) is 0 Å². The molecule has 0 aromatic carbocycles. The minimum absolute atomic E-state index is 0.0283. The maximum atomic E-state index is 14.1. The highest BCUT2D eigenvalue weighted by atomic mass is 16.2. The average Bonchev–Trinajstić information content (AvgIpc) is 2.94. The number of amides is 1. The number of hydrogen-bond acceptors (Lipinski definition) is 3. The second-order valence-electron chi connectivity index (χ2n) is 11.3. The molecule has 1 unspecified atom stereocenters. The molecular formula is C32H47N3O2. The fourth-order valence-corrected chi connectivity index (χ4v) is 6.76. The first-order valence-corrected chi connectivity index (χ1v) is 14.7. The molecule has 1 aromatic rings. The number of piperidine rings is 1. The Kier molecular flexibility index (Phi) is 10.0. The Bertz CT molecular complexity index is 1150. The molecule has 1 aliphatic heterocycles. The predicted molar refractivity (Wildman–Crippen MR) is 153 cm³/mol. The van der Waals surface area contributed by atoms with Gasteiger partial charge in [-0.3, -0.25) is 9.59 Å². The van der Waals surface area contributed by atoms with Gasteiger partial charge in [-0.15, -0.1) is 0 Å². The van der Waals surface area contributed by atoms with E-state index in [1.165, 1.54) is 12.0 Å². The first-order valence-electron chi connectivity index (χ1n) is 14.7. The number of nitrogens with zero attached hydrogens (tertiary/aromatic N) is 2. The zero-order valence-electron chi connectivity index (χ0n) is 23.1. The van der Waals surface area contributed by atoms with Crippen molar-refractivity contribution in [1.82, 2.24) is 14.8 Å². The average molecular weight is 506 g/mol. The van der Waals surface area contributed by atoms with Crippen LogP contribution in [0.15, 0.2) is 35.2 Å². The number of allylic oxidation sites excluding steroid dienone is 2. The maximum absolute atomic E-state index is 14.1. The van der Waals surface area contributed by atoms with Crippen molar-refractivity contribution in [2.24, 2.45) is 24.8 Å². The van der Waals surface area contributed by atoms with E-state index in [-0.39, 0.29) is 17.4 Å². The fraction of sp³-hybridized carbons (Fsp3) is 0.625. The van der Waals surface area contributed by atoms with Gasteiger partial charge in [-0.25, -0.2) is 0 Å². The topological polar surface area (TPSA) is 54.3 Å². The van der Waals surface area contributed by atoms with Crippen molar-refractivity contribution in [3.8, 4) is 0 Å². The first kappa shape index (κ1) is 27.6. The smallest absolute Gasteiger partial charge is 0.255 e. The molecule has 0 bridgehead atoms. The summed E-state index contributed by atoms with van der Waals surface area (Å²) in [5.74, 6) is 1.18. The molecule has 5 heteroatoms. The van der Waals surface area contributed by atoms with Crippen molar-refractivity contribution in [2.45, 2.75) is 84.1 Å². The maximum Gasteiger partial charge on any atom is 0.255 e. The number of pyridine rings is 1. The summed E-state index contributed by atoms with van der Waals surface area (Å²) < 4.78 is 1.79. The van der Waals surface area contributed by atoms with E-state index in [0.717, 1.165) is 93.4 Å². The summed E-state index contributed by atoms with van der Waals surface area (Å²) in [5, 5.41) is 5.65. The van der Waals surface area contributed by atoms with Crippen LogP contribution in [0.5, 0.6) is 0 Å². The van der Waals surface area contributed by atoms with Gasteiger partial charge in [0, 0.05) is 36.3 Å². The third-order valence-corrected chi connectivity index (χ3v) is 8.78. The lowest BCUT2D eigenvalue weighted by Crippen LogP contribution is -2.47. The number of hydrogen-bond donors (Lipinski definition) is 1. The summed E-state index contributed by atoms with van der Waals surface area (Å²) in [6.07, 6.45) is 20.3. The van der Waals surface area contributed by atoms with E-state index in [0.29, 0.717) is 24.9 Å². The molecule has 4 rings (SSSR count). The van der Waals surface area contributed by atoms with Gasteiger partial charge in [0.25, 0.3) is 5.56 Å². The number of aromatic nitrogens is 1. The highest BCUT2D eigenvalue weighted by molar-refractivity contribution is 5.79. The Morgan fingerprint density at radius 2 is 1.89 bits per heavy atom. The Morgan fingerprint density at radius 1 is 1.16 bits per heavy atom. The van der Waals surface area contributed by atoms with Crippen LogP contribution in [0.2, 0.25) is 0 Å². The lowest BCUT2D eigenvalue weighted by Gasteiger charge is -2.38. The van der Waals surface area contributed by atoms with Gasteiger partial charge >= 0.3 is 0 Å². The molecule has 1 saturated carbocycles. The Balaban J connectivity index is 1.71. The van der Waals surface area contributed by atoms with Crippen LogP contribution in [0, 0.1) is 17.8 Å². The van der Waals surface area contributed by atoms with Gasteiger partial charge in [0.05, 0.1) is 6.54 Å². The largest absolute Gasteiger partial charge is 0.337 e. The van der Waals surface area contributed by atoms with E-state index in [2.05, 4.69) is 48.0 Å². The molecule has 2 heterocycles. The Hall–Kier alpha value is -2.40. The van der Waals surface area contributed by atoms with Crippen LogP contribution in [0.1, 0.15) is 83.1 Å². The lowest BCUT2D eigenvalue weighted by molar-refractivity contribution is -0.138. The molecule has 0 spiro atoms. The third-order valence-electron chi connectivity index (χ3n) is 8.78. The molecule has 1 aromatic heterocycles. The van der Waals surface area contributed by atoms with E-state index in [9.17, 15) is 9.59 Å². The van der Waals surface area contributed by atoms with Crippen LogP contribution < -0.4 is 21.4 Å². The molecule has 37 heavy (non-hydrogen) atoms. The van der Waals surface area contributed by atoms with Crippen LogP contribution in [-0.2, 0) is 18.4 Å². The van der Waals surface area contributed by atoms with E-state index in [4.69, 9.17) is 0 Å². The summed E-state index contributed by atoms with van der Waals surface area (Å²) in [7, 11) is 1.87. The normalized spacial score (nSPS) is 19.9. The number of carbonyl (C=O) groups is 1. The molecule has 0 radical (unpaired) electrons. The summed E-state index contributed by atoms with van der Waals surface area (Å²) >= 11 is 0. The molecule has 202 valence electrons. The fourth-order valence-electron chi connectivity index (χ4n) is 6.76. The summed E-state index contributed by atoms with van der Waals surface area (Å²) in [6, 6.07) is 2.06. The van der Waals surface area contributed by atoms with Crippen molar-refractivity contribution in [3.05, 3.63) is 56.9 Å². The third kappa shape index (κ3) is 6.73. The van der Waals surface area contributed by atoms with Crippen LogP contribution in [-0.4, -0.2) is 35.0 Å². The zero-order valence-corrected chi connectivity index (χ0v) is 23.1. The highest BCUT2D eigenvalue weighted by Crippen LogP contribution is 2.33. The lowest BCUT2D eigenvalue weighted by atomic mass is 9.77. The van der Waals surface area contributed by atoms with Crippen LogP contribution in [0.25, 0.3) is 12.2 Å². The summed E-state index contributed by atoms with van der Waals surface area (Å²) in [5.41, 5.74) is 2.18. The van der Waals surface area contributed by atoms with Crippen molar-refractivity contribution < 1.29 is 4.79 Å². The quantitative estimate of drug-likeness (QED) is 0.486. The zero-order chi connectivity index (χ0) is 26.2. The second kappa shape index (κ2) is 13.4. The molecule has 5 nitrogen and oxygen atoms in total. The van der Waals surface area contributed by atoms with Crippen LogP contribution in [0.3, 0.4) is 0 Å². The minimum Gasteiger partial charge on any atom is -0.337 e. The van der Waals surface area contributed by atoms with Gasteiger partial charge < -0.3 is 14.8 Å². The van der Waals surface area contributed by atoms with Crippen molar-refractivity contribution >= 4 is 18.1 Å². The van der Waals surface area contributed by atoms with Gasteiger partial charge in [0.2, 0.25) is 5.91 Å². The summed E-state index contributed by atoms with van der Waals surface area (Å²) in [6.45, 7) is 9.39. The van der Waals surface area contributed by atoms with Gasteiger partial charge in [-0.2, -0.15) is 0 Å². The predicted octanol–water partition coefficient (Wildman–Crippen LogP) is 4.18. The Morgan fingerprint density at radius 3 is 2.59 bits per heavy atom. The molecule has 1 amide bonds. The van der Waals surface area contributed by atoms with E-state index >= 15 is 0 Å². The standard InChI is InChI=1S/C32H47N3O2/c1-4-11-24(12-5-2)29(25-17-19-33-20-18-25)23-35(32(37)26-13-7-6-8-14-26)22-28-21-27-15-9-10-16-30(27)34(3)31(28)36/h4,11,15-16,21,25-26,29,33H,1,5-10,12-14,17-20,22-23H2,2-3H3/b24-11+. The van der Waals surface area contributed by atoms with E-state index < -0.39 is 0 Å². The van der Waals surface area contributed by atoms with E-state index in [1.54, 1.807) is 4.57 Å². The molecule has 2 fully saturated rings. The SMILES string of the molecule is C=C/C=C(\CCC)C(CN(Cc1cc2c(n(C)c1=O)=CCCC=2)C(=O)C1CCCCC1)C1CCNCC1. The highest BCUT2D eigenvalue weighted by Gasteiger charge is 2.33.